The van der Waals surface area contributed by atoms with Crippen LogP contribution in [0.4, 0.5) is 5.82 Å². The molecule has 0 atom stereocenters. The quantitative estimate of drug-likeness (QED) is 0.835. The van der Waals surface area contributed by atoms with E-state index in [1.54, 1.807) is 0 Å². The summed E-state index contributed by atoms with van der Waals surface area (Å²) in [6, 6.07) is 4.37. The van der Waals surface area contributed by atoms with Crippen molar-refractivity contribution in [2.24, 2.45) is 11.3 Å². The van der Waals surface area contributed by atoms with E-state index in [1.165, 1.54) is 24.8 Å². The van der Waals surface area contributed by atoms with Crippen molar-refractivity contribution in [3.8, 4) is 0 Å². The fourth-order valence-electron chi connectivity index (χ4n) is 3.13. The molecule has 2 heterocycles. The summed E-state index contributed by atoms with van der Waals surface area (Å²) in [5.41, 5.74) is 1.78. The Hall–Kier alpha value is -1.09. The lowest BCUT2D eigenvalue weighted by molar-refractivity contribution is 0.198. The van der Waals surface area contributed by atoms with Crippen molar-refractivity contribution >= 4 is 5.82 Å². The van der Waals surface area contributed by atoms with Crippen LogP contribution in [0.25, 0.3) is 0 Å². The molecule has 0 amide bonds. The topological polar surface area (TPSA) is 28.2 Å². The third kappa shape index (κ3) is 4.70. The second kappa shape index (κ2) is 7.26. The molecular weight excluding hydrogens is 258 g/mol. The van der Waals surface area contributed by atoms with Gasteiger partial charge in [0.05, 0.1) is 0 Å². The number of piperidine rings is 1. The van der Waals surface area contributed by atoms with Crippen molar-refractivity contribution in [2.75, 3.05) is 24.5 Å². The average molecular weight is 289 g/mol. The fraction of sp³-hybridized carbons (Fsp3) is 0.722. The van der Waals surface area contributed by atoms with E-state index in [1.807, 2.05) is 6.20 Å². The van der Waals surface area contributed by atoms with Gasteiger partial charge in [-0.25, -0.2) is 4.98 Å². The van der Waals surface area contributed by atoms with Crippen molar-refractivity contribution in [3.05, 3.63) is 23.9 Å². The maximum Gasteiger partial charge on any atom is 0.128 e. The number of hydrogen-bond acceptors (Lipinski definition) is 3. The van der Waals surface area contributed by atoms with Crippen LogP contribution in [0.5, 0.6) is 0 Å². The van der Waals surface area contributed by atoms with Gasteiger partial charge in [-0.15, -0.1) is 0 Å². The summed E-state index contributed by atoms with van der Waals surface area (Å²) in [7, 11) is 0. The van der Waals surface area contributed by atoms with Crippen LogP contribution < -0.4 is 10.2 Å². The maximum absolute atomic E-state index is 4.58. The zero-order valence-electron chi connectivity index (χ0n) is 14.2. The highest BCUT2D eigenvalue weighted by Gasteiger charge is 2.29. The molecule has 3 heteroatoms. The molecule has 1 fully saturated rings. The van der Waals surface area contributed by atoms with E-state index in [9.17, 15) is 0 Å². The molecule has 0 unspecified atom stereocenters. The van der Waals surface area contributed by atoms with Gasteiger partial charge in [0, 0.05) is 25.8 Å². The molecule has 21 heavy (non-hydrogen) atoms. The maximum atomic E-state index is 4.58. The number of hydrogen-bond donors (Lipinski definition) is 1. The Balaban J connectivity index is 1.92. The summed E-state index contributed by atoms with van der Waals surface area (Å²) in [6.45, 7) is 13.6. The normalized spacial score (nSPS) is 17.2. The summed E-state index contributed by atoms with van der Waals surface area (Å²) in [4.78, 5) is 7.03. The molecule has 0 aromatic carbocycles. The average Bonchev–Trinajstić information content (AvgIpc) is 2.47. The van der Waals surface area contributed by atoms with Gasteiger partial charge >= 0.3 is 0 Å². The Kier molecular flexibility index (Phi) is 5.63. The number of rotatable bonds is 5. The minimum absolute atomic E-state index is 0.436. The standard InChI is InChI=1S/C18H31N3/c1-5-9-19-14-15-6-10-20-17(13-15)21-11-7-16(8-12-21)18(2,3)4/h6,10,13,16,19H,5,7-9,11-12,14H2,1-4H3. The lowest BCUT2D eigenvalue weighted by Crippen LogP contribution is -2.38. The van der Waals surface area contributed by atoms with Crippen molar-refractivity contribution in [3.63, 3.8) is 0 Å². The first-order chi connectivity index (χ1) is 10.0. The van der Waals surface area contributed by atoms with E-state index >= 15 is 0 Å². The highest BCUT2D eigenvalue weighted by atomic mass is 15.2. The van der Waals surface area contributed by atoms with Crippen molar-refractivity contribution in [1.82, 2.24) is 10.3 Å². The van der Waals surface area contributed by atoms with Crippen molar-refractivity contribution in [2.45, 2.75) is 53.5 Å². The van der Waals surface area contributed by atoms with Crippen LogP contribution in [0.2, 0.25) is 0 Å². The van der Waals surface area contributed by atoms with Crippen LogP contribution in [-0.2, 0) is 6.54 Å². The summed E-state index contributed by atoms with van der Waals surface area (Å²) < 4.78 is 0. The molecule has 0 radical (unpaired) electrons. The molecule has 0 aliphatic carbocycles. The van der Waals surface area contributed by atoms with E-state index < -0.39 is 0 Å². The van der Waals surface area contributed by atoms with Crippen LogP contribution in [0.15, 0.2) is 18.3 Å². The van der Waals surface area contributed by atoms with E-state index in [0.717, 1.165) is 37.9 Å². The minimum Gasteiger partial charge on any atom is -0.357 e. The van der Waals surface area contributed by atoms with E-state index in [-0.39, 0.29) is 0 Å². The Labute approximate surface area is 130 Å². The lowest BCUT2D eigenvalue weighted by Gasteiger charge is -2.39. The van der Waals surface area contributed by atoms with Gasteiger partial charge in [0.2, 0.25) is 0 Å². The third-order valence-electron chi connectivity index (χ3n) is 4.61. The molecule has 1 aliphatic heterocycles. The van der Waals surface area contributed by atoms with Crippen molar-refractivity contribution in [1.29, 1.82) is 0 Å². The molecule has 0 spiro atoms. The molecule has 1 aromatic heterocycles. The van der Waals surface area contributed by atoms with Gasteiger partial charge < -0.3 is 10.2 Å². The van der Waals surface area contributed by atoms with Gasteiger partial charge in [-0.05, 0) is 54.8 Å². The van der Waals surface area contributed by atoms with Gasteiger partial charge in [0.15, 0.2) is 0 Å². The monoisotopic (exact) mass is 289 g/mol. The molecule has 0 saturated carbocycles. The molecule has 1 saturated heterocycles. The van der Waals surface area contributed by atoms with Crippen LogP contribution in [0.3, 0.4) is 0 Å². The number of pyridine rings is 1. The SMILES string of the molecule is CCCNCc1ccnc(N2CCC(C(C)(C)C)CC2)c1. The predicted molar refractivity (Wildman–Crippen MR) is 90.6 cm³/mol. The van der Waals surface area contributed by atoms with E-state index in [0.29, 0.717) is 5.41 Å². The molecule has 1 aromatic rings. The second-order valence-corrected chi connectivity index (χ2v) is 7.33. The Morgan fingerprint density at radius 1 is 1.29 bits per heavy atom. The molecule has 3 nitrogen and oxygen atoms in total. The highest BCUT2D eigenvalue weighted by molar-refractivity contribution is 5.41. The molecule has 118 valence electrons. The molecular formula is C18H31N3. The van der Waals surface area contributed by atoms with Gasteiger partial charge in [-0.1, -0.05) is 27.7 Å². The first-order valence-corrected chi connectivity index (χ1v) is 8.41. The fourth-order valence-corrected chi connectivity index (χ4v) is 3.13. The van der Waals surface area contributed by atoms with Crippen LogP contribution in [0.1, 0.15) is 52.5 Å². The number of nitrogens with one attached hydrogen (secondary N) is 1. The smallest absolute Gasteiger partial charge is 0.128 e. The summed E-state index contributed by atoms with van der Waals surface area (Å²) in [5.74, 6) is 1.99. The highest BCUT2D eigenvalue weighted by Crippen LogP contribution is 2.35. The van der Waals surface area contributed by atoms with Gasteiger partial charge in [-0.3, -0.25) is 0 Å². The number of nitrogens with zero attached hydrogens (tertiary/aromatic N) is 2. The molecule has 1 aliphatic rings. The number of aromatic nitrogens is 1. The Bertz CT molecular complexity index is 428. The van der Waals surface area contributed by atoms with Crippen LogP contribution in [-0.4, -0.2) is 24.6 Å². The van der Waals surface area contributed by atoms with Gasteiger partial charge in [0.1, 0.15) is 5.82 Å². The first kappa shape index (κ1) is 16.3. The zero-order valence-corrected chi connectivity index (χ0v) is 14.2. The lowest BCUT2D eigenvalue weighted by atomic mass is 9.75. The van der Waals surface area contributed by atoms with E-state index in [2.05, 4.69) is 55.0 Å². The number of anilines is 1. The van der Waals surface area contributed by atoms with Crippen LogP contribution in [0, 0.1) is 11.3 Å². The minimum atomic E-state index is 0.436. The Morgan fingerprint density at radius 2 is 2.00 bits per heavy atom. The van der Waals surface area contributed by atoms with E-state index in [4.69, 9.17) is 0 Å². The largest absolute Gasteiger partial charge is 0.357 e. The molecule has 0 bridgehead atoms. The van der Waals surface area contributed by atoms with Crippen LogP contribution >= 0.6 is 0 Å². The summed E-state index contributed by atoms with van der Waals surface area (Å²) in [6.07, 6.45) is 5.69. The first-order valence-electron chi connectivity index (χ1n) is 8.41. The summed E-state index contributed by atoms with van der Waals surface area (Å²) in [5, 5.41) is 3.46. The van der Waals surface area contributed by atoms with Crippen molar-refractivity contribution < 1.29 is 0 Å². The van der Waals surface area contributed by atoms with Gasteiger partial charge in [0.25, 0.3) is 0 Å². The van der Waals surface area contributed by atoms with Gasteiger partial charge in [-0.2, -0.15) is 0 Å². The molecule has 1 N–H and O–H groups in total. The predicted octanol–water partition coefficient (Wildman–Crippen LogP) is 3.84. The Morgan fingerprint density at radius 3 is 2.62 bits per heavy atom. The molecule has 2 rings (SSSR count). The third-order valence-corrected chi connectivity index (χ3v) is 4.61. The summed E-state index contributed by atoms with van der Waals surface area (Å²) >= 11 is 0. The zero-order chi connectivity index (χ0) is 15.3. The second-order valence-electron chi connectivity index (χ2n) is 7.33.